The van der Waals surface area contributed by atoms with Crippen molar-refractivity contribution in [3.63, 3.8) is 0 Å². The van der Waals surface area contributed by atoms with Crippen molar-refractivity contribution in [2.75, 3.05) is 18.6 Å². The predicted molar refractivity (Wildman–Crippen MR) is 145 cm³/mol. The van der Waals surface area contributed by atoms with Crippen molar-refractivity contribution in [2.24, 2.45) is 0 Å². The number of ether oxygens (including phenoxy) is 1. The number of benzene rings is 3. The highest BCUT2D eigenvalue weighted by atomic mass is 35.5. The van der Waals surface area contributed by atoms with E-state index in [4.69, 9.17) is 23.2 Å². The summed E-state index contributed by atoms with van der Waals surface area (Å²) in [5.41, 5.74) is 3.30. The second-order valence-electron chi connectivity index (χ2n) is 9.19. The van der Waals surface area contributed by atoms with Crippen molar-refractivity contribution in [3.05, 3.63) is 94.0 Å². The lowest BCUT2D eigenvalue weighted by Crippen LogP contribution is -2.47. The molecule has 3 amide bonds. The molecule has 0 aromatic heterocycles. The molecule has 1 atom stereocenters. The maximum Gasteiger partial charge on any atom is 0.332 e. The van der Waals surface area contributed by atoms with Gasteiger partial charge >= 0.3 is 12.0 Å². The molecule has 0 spiro atoms. The van der Waals surface area contributed by atoms with Gasteiger partial charge in [0, 0.05) is 29.1 Å². The molecule has 37 heavy (non-hydrogen) atoms. The van der Waals surface area contributed by atoms with E-state index in [1.165, 1.54) is 18.1 Å². The Labute approximate surface area is 225 Å². The molecule has 3 aromatic rings. The molecule has 0 bridgehead atoms. The molecule has 0 saturated carbocycles. The first kappa shape index (κ1) is 25.1. The van der Waals surface area contributed by atoms with Gasteiger partial charge in [-0.05, 0) is 65.4 Å². The zero-order chi connectivity index (χ0) is 26.2. The van der Waals surface area contributed by atoms with Crippen LogP contribution in [0.25, 0.3) is 17.2 Å². The van der Waals surface area contributed by atoms with Gasteiger partial charge < -0.3 is 9.64 Å². The monoisotopic (exact) mass is 534 g/mol. The number of rotatable bonds is 6. The molecule has 2 saturated heterocycles. The normalized spacial score (nSPS) is 19.1. The summed E-state index contributed by atoms with van der Waals surface area (Å²) in [5, 5.41) is 0.731. The van der Waals surface area contributed by atoms with Gasteiger partial charge in [0.15, 0.2) is 0 Å². The lowest BCUT2D eigenvalue weighted by molar-refractivity contribution is -0.134. The van der Waals surface area contributed by atoms with Gasteiger partial charge in [0.1, 0.15) is 5.54 Å². The van der Waals surface area contributed by atoms with Crippen LogP contribution in [0, 0.1) is 0 Å². The third-order valence-corrected chi connectivity index (χ3v) is 7.34. The number of halogens is 2. The number of carbonyl (C=O) groups excluding carboxylic acids is 3. The van der Waals surface area contributed by atoms with E-state index in [1.54, 1.807) is 29.2 Å². The van der Waals surface area contributed by atoms with Gasteiger partial charge in [-0.2, -0.15) is 0 Å². The predicted octanol–water partition coefficient (Wildman–Crippen LogP) is 6.39. The SMILES string of the molecule is COC(=O)/C=C/c1cccc(-c2ccc(CC34CCCN3C(=O)N(c3cc(Cl)cc(Cl)c3)C4=O)cc2)c1. The molecule has 3 aromatic carbocycles. The van der Waals surface area contributed by atoms with Crippen molar-refractivity contribution in [1.82, 2.24) is 4.90 Å². The third kappa shape index (κ3) is 4.75. The van der Waals surface area contributed by atoms with Crippen LogP contribution in [0.4, 0.5) is 10.5 Å². The standard InChI is InChI=1S/C29H24Cl2N2O4/c1-37-26(34)11-8-19-4-2-5-22(14-19)21-9-6-20(7-10-21)18-29-12-3-13-32(29)28(36)33(27(29)35)25-16-23(30)15-24(31)17-25/h2,4-11,14-17H,3,12-13,18H2,1H3/b11-8+. The lowest BCUT2D eigenvalue weighted by atomic mass is 9.87. The number of anilines is 1. The minimum absolute atomic E-state index is 0.248. The molecular weight excluding hydrogens is 511 g/mol. The average Bonchev–Trinajstić information content (AvgIpc) is 3.39. The number of methoxy groups -OCH3 is 1. The van der Waals surface area contributed by atoms with Crippen LogP contribution in [0.15, 0.2) is 72.8 Å². The summed E-state index contributed by atoms with van der Waals surface area (Å²) in [7, 11) is 1.34. The van der Waals surface area contributed by atoms with Gasteiger partial charge in [0.25, 0.3) is 5.91 Å². The Kier molecular flexibility index (Phi) is 6.80. The first-order valence-electron chi connectivity index (χ1n) is 11.9. The van der Waals surface area contributed by atoms with E-state index in [9.17, 15) is 14.4 Å². The summed E-state index contributed by atoms with van der Waals surface area (Å²) < 4.78 is 4.65. The first-order valence-corrected chi connectivity index (χ1v) is 12.6. The molecular formula is C29H24Cl2N2O4. The van der Waals surface area contributed by atoms with E-state index in [1.807, 2.05) is 48.5 Å². The van der Waals surface area contributed by atoms with Crippen LogP contribution in [0.5, 0.6) is 0 Å². The van der Waals surface area contributed by atoms with E-state index < -0.39 is 11.5 Å². The van der Waals surface area contributed by atoms with Crippen molar-refractivity contribution in [2.45, 2.75) is 24.8 Å². The molecule has 6 nitrogen and oxygen atoms in total. The van der Waals surface area contributed by atoms with Crippen LogP contribution in [-0.2, 0) is 20.7 Å². The summed E-state index contributed by atoms with van der Waals surface area (Å²) in [6, 6.07) is 20.2. The van der Waals surface area contributed by atoms with Gasteiger partial charge in [0.05, 0.1) is 12.8 Å². The second-order valence-corrected chi connectivity index (χ2v) is 10.1. The molecule has 0 N–H and O–H groups in total. The number of amides is 3. The summed E-state index contributed by atoms with van der Waals surface area (Å²) in [5.74, 6) is -0.658. The fourth-order valence-electron chi connectivity index (χ4n) is 5.16. The smallest absolute Gasteiger partial charge is 0.332 e. The Morgan fingerprint density at radius 3 is 2.43 bits per heavy atom. The topological polar surface area (TPSA) is 66.9 Å². The van der Waals surface area contributed by atoms with E-state index in [0.717, 1.165) is 28.7 Å². The van der Waals surface area contributed by atoms with Crippen LogP contribution in [0.3, 0.4) is 0 Å². The maximum atomic E-state index is 13.7. The molecule has 188 valence electrons. The van der Waals surface area contributed by atoms with Crippen molar-refractivity contribution in [1.29, 1.82) is 0 Å². The van der Waals surface area contributed by atoms with Crippen LogP contribution in [0.1, 0.15) is 24.0 Å². The van der Waals surface area contributed by atoms with E-state index >= 15 is 0 Å². The Bertz CT molecular complexity index is 1400. The highest BCUT2D eigenvalue weighted by Gasteiger charge is 2.59. The molecule has 2 aliphatic heterocycles. The van der Waals surface area contributed by atoms with Crippen LogP contribution < -0.4 is 4.90 Å². The van der Waals surface area contributed by atoms with Gasteiger partial charge in [-0.15, -0.1) is 0 Å². The Morgan fingerprint density at radius 2 is 1.73 bits per heavy atom. The number of urea groups is 1. The molecule has 5 rings (SSSR count). The molecule has 0 aliphatic carbocycles. The zero-order valence-electron chi connectivity index (χ0n) is 20.1. The van der Waals surface area contributed by atoms with Crippen LogP contribution in [0.2, 0.25) is 10.0 Å². The van der Waals surface area contributed by atoms with Gasteiger partial charge in [-0.3, -0.25) is 4.79 Å². The fourth-order valence-corrected chi connectivity index (χ4v) is 5.67. The number of fused-ring (bicyclic) bond motifs is 1. The highest BCUT2D eigenvalue weighted by molar-refractivity contribution is 6.35. The zero-order valence-corrected chi connectivity index (χ0v) is 21.6. The summed E-state index contributed by atoms with van der Waals surface area (Å²) in [6.45, 7) is 0.527. The van der Waals surface area contributed by atoms with Gasteiger partial charge in [-0.25, -0.2) is 14.5 Å². The number of nitrogens with zero attached hydrogens (tertiary/aromatic N) is 2. The summed E-state index contributed by atoms with van der Waals surface area (Å²) in [4.78, 5) is 41.4. The minimum atomic E-state index is -0.925. The second kappa shape index (κ2) is 10.0. The number of hydrogen-bond donors (Lipinski definition) is 0. The van der Waals surface area contributed by atoms with E-state index in [2.05, 4.69) is 4.74 Å². The average molecular weight is 535 g/mol. The summed E-state index contributed by atoms with van der Waals surface area (Å²) >= 11 is 12.3. The lowest BCUT2D eigenvalue weighted by Gasteiger charge is -2.28. The summed E-state index contributed by atoms with van der Waals surface area (Å²) in [6.07, 6.45) is 4.88. The van der Waals surface area contributed by atoms with Crippen LogP contribution >= 0.6 is 23.2 Å². The fraction of sp³-hybridized carbons (Fsp3) is 0.207. The quantitative estimate of drug-likeness (QED) is 0.209. The molecule has 0 radical (unpaired) electrons. The molecule has 2 fully saturated rings. The Balaban J connectivity index is 1.39. The molecule has 2 aliphatic rings. The van der Waals surface area contributed by atoms with Gasteiger partial charge in [0.2, 0.25) is 0 Å². The maximum absolute atomic E-state index is 13.7. The Hall–Kier alpha value is -3.61. The van der Waals surface area contributed by atoms with Crippen molar-refractivity contribution >= 4 is 52.9 Å². The Morgan fingerprint density at radius 1 is 1.00 bits per heavy atom. The number of hydrogen-bond acceptors (Lipinski definition) is 4. The van der Waals surface area contributed by atoms with E-state index in [-0.39, 0.29) is 11.9 Å². The molecule has 8 heteroatoms. The molecule has 2 heterocycles. The number of imide groups is 1. The van der Waals surface area contributed by atoms with Gasteiger partial charge in [-0.1, -0.05) is 65.7 Å². The first-order chi connectivity index (χ1) is 17.8. The van der Waals surface area contributed by atoms with Crippen molar-refractivity contribution < 1.29 is 19.1 Å². The van der Waals surface area contributed by atoms with Crippen molar-refractivity contribution in [3.8, 4) is 11.1 Å². The third-order valence-electron chi connectivity index (χ3n) is 6.90. The van der Waals surface area contributed by atoms with Crippen LogP contribution in [-0.4, -0.2) is 42.0 Å². The number of esters is 1. The minimum Gasteiger partial charge on any atom is -0.466 e. The largest absolute Gasteiger partial charge is 0.466 e. The van der Waals surface area contributed by atoms with E-state index in [0.29, 0.717) is 35.1 Å². The molecule has 1 unspecified atom stereocenters. The highest BCUT2D eigenvalue weighted by Crippen LogP contribution is 2.43. The number of carbonyl (C=O) groups is 3.